The van der Waals surface area contributed by atoms with Crippen molar-refractivity contribution in [3.8, 4) is 0 Å². The average Bonchev–Trinajstić information content (AvgIpc) is 3.51. The fourth-order valence-electron chi connectivity index (χ4n) is 5.28. The van der Waals surface area contributed by atoms with Gasteiger partial charge >= 0.3 is 0 Å². The first-order valence-electron chi connectivity index (χ1n) is 11.2. The van der Waals surface area contributed by atoms with Crippen molar-refractivity contribution in [3.05, 3.63) is 71.8 Å². The second-order valence-electron chi connectivity index (χ2n) is 8.89. The number of fused-ring (bicyclic) bond motifs is 1. The van der Waals surface area contributed by atoms with E-state index in [0.29, 0.717) is 29.8 Å². The number of rotatable bonds is 6. The van der Waals surface area contributed by atoms with E-state index in [2.05, 4.69) is 35.2 Å². The summed E-state index contributed by atoms with van der Waals surface area (Å²) in [6.07, 6.45) is 7.09. The van der Waals surface area contributed by atoms with Gasteiger partial charge in [0.15, 0.2) is 0 Å². The third-order valence-corrected chi connectivity index (χ3v) is 8.88. The number of nitrogens with zero attached hydrogens (tertiary/aromatic N) is 2. The molecular formula is C25H30N2O2S. The third kappa shape index (κ3) is 3.86. The van der Waals surface area contributed by atoms with E-state index in [0.717, 1.165) is 19.4 Å². The molecule has 2 unspecified atom stereocenters. The Morgan fingerprint density at radius 2 is 1.63 bits per heavy atom. The third-order valence-electron chi connectivity index (χ3n) is 7.03. The van der Waals surface area contributed by atoms with Gasteiger partial charge in [0.25, 0.3) is 0 Å². The summed E-state index contributed by atoms with van der Waals surface area (Å²) in [6, 6.07) is 17.8. The van der Waals surface area contributed by atoms with Gasteiger partial charge in [-0.15, -0.1) is 0 Å². The predicted octanol–water partition coefficient (Wildman–Crippen LogP) is 4.05. The Kier molecular flexibility index (Phi) is 5.52. The molecule has 0 N–H and O–H groups in total. The molecule has 2 saturated heterocycles. The van der Waals surface area contributed by atoms with Crippen LogP contribution in [0, 0.1) is 11.8 Å². The standard InChI is InChI=1S/C25H30N2O2S/c28-30(29,23-6-2-1-3-7-23)27-18-22-12-13-24(25(22)19-27)21-10-8-20(9-11-21)14-17-26-15-4-5-16-26/h1-3,6-11,13,22,25H,4-5,12,14-19H2. The highest BCUT2D eigenvalue weighted by atomic mass is 32.2. The van der Waals surface area contributed by atoms with E-state index in [9.17, 15) is 8.42 Å². The van der Waals surface area contributed by atoms with Crippen molar-refractivity contribution < 1.29 is 8.42 Å². The van der Waals surface area contributed by atoms with Crippen LogP contribution in [-0.4, -0.2) is 50.3 Å². The van der Waals surface area contributed by atoms with Crippen LogP contribution in [0.15, 0.2) is 65.6 Å². The number of allylic oxidation sites excluding steroid dienone is 1. The lowest BCUT2D eigenvalue weighted by molar-refractivity contribution is 0.343. The molecule has 2 aromatic carbocycles. The minimum absolute atomic E-state index is 0.305. The van der Waals surface area contributed by atoms with Crippen molar-refractivity contribution in [1.29, 1.82) is 0 Å². The van der Waals surface area contributed by atoms with E-state index >= 15 is 0 Å². The molecule has 1 aliphatic carbocycles. The molecule has 0 bridgehead atoms. The Hall–Kier alpha value is -1.95. The quantitative estimate of drug-likeness (QED) is 0.705. The fraction of sp³-hybridized carbons (Fsp3) is 0.440. The maximum atomic E-state index is 13.0. The number of likely N-dealkylation sites (tertiary alicyclic amines) is 1. The molecule has 158 valence electrons. The van der Waals surface area contributed by atoms with Crippen LogP contribution in [-0.2, 0) is 16.4 Å². The highest BCUT2D eigenvalue weighted by molar-refractivity contribution is 7.89. The molecule has 5 heteroatoms. The Labute approximate surface area is 180 Å². The van der Waals surface area contributed by atoms with Gasteiger partial charge < -0.3 is 4.90 Å². The first-order chi connectivity index (χ1) is 14.6. The van der Waals surface area contributed by atoms with Crippen molar-refractivity contribution in [3.63, 3.8) is 0 Å². The van der Waals surface area contributed by atoms with Gasteiger partial charge in [-0.2, -0.15) is 4.31 Å². The van der Waals surface area contributed by atoms with Gasteiger partial charge in [0.05, 0.1) is 4.90 Å². The Bertz CT molecular complexity index is 1010. The van der Waals surface area contributed by atoms with E-state index in [1.807, 2.05) is 6.07 Å². The van der Waals surface area contributed by atoms with E-state index in [1.54, 1.807) is 28.6 Å². The summed E-state index contributed by atoms with van der Waals surface area (Å²) in [5, 5.41) is 0. The zero-order chi connectivity index (χ0) is 20.6. The Morgan fingerprint density at radius 3 is 2.37 bits per heavy atom. The molecule has 0 radical (unpaired) electrons. The van der Waals surface area contributed by atoms with Gasteiger partial charge in [-0.1, -0.05) is 48.5 Å². The van der Waals surface area contributed by atoms with E-state index in [4.69, 9.17) is 0 Å². The molecule has 4 nitrogen and oxygen atoms in total. The number of benzene rings is 2. The summed E-state index contributed by atoms with van der Waals surface area (Å²) in [6.45, 7) is 4.85. The minimum atomic E-state index is -3.41. The summed E-state index contributed by atoms with van der Waals surface area (Å²) < 4.78 is 27.8. The van der Waals surface area contributed by atoms with Crippen molar-refractivity contribution in [2.75, 3.05) is 32.7 Å². The summed E-state index contributed by atoms with van der Waals surface area (Å²) in [5.41, 5.74) is 3.98. The molecule has 30 heavy (non-hydrogen) atoms. The van der Waals surface area contributed by atoms with E-state index in [-0.39, 0.29) is 0 Å². The number of sulfonamides is 1. The highest BCUT2D eigenvalue weighted by Crippen LogP contribution is 2.44. The molecule has 2 fully saturated rings. The van der Waals surface area contributed by atoms with Gasteiger partial charge in [0.1, 0.15) is 0 Å². The zero-order valence-electron chi connectivity index (χ0n) is 17.4. The number of hydrogen-bond acceptors (Lipinski definition) is 3. The average molecular weight is 423 g/mol. The van der Waals surface area contributed by atoms with E-state index in [1.165, 1.54) is 42.6 Å². The SMILES string of the molecule is O=S(=O)(c1ccccc1)N1CC2CC=C(c3ccc(CCN4CCCC4)cc3)C2C1. The molecule has 0 spiro atoms. The van der Waals surface area contributed by atoms with Gasteiger partial charge in [0, 0.05) is 25.6 Å². The lowest BCUT2D eigenvalue weighted by Gasteiger charge is -2.18. The molecule has 5 rings (SSSR count). The topological polar surface area (TPSA) is 40.6 Å². The molecule has 0 amide bonds. The fourth-order valence-corrected chi connectivity index (χ4v) is 6.82. The van der Waals surface area contributed by atoms with Crippen LogP contribution in [0.3, 0.4) is 0 Å². The lowest BCUT2D eigenvalue weighted by Crippen LogP contribution is -2.29. The maximum absolute atomic E-state index is 13.0. The van der Waals surface area contributed by atoms with Gasteiger partial charge in [-0.3, -0.25) is 0 Å². The summed E-state index contributed by atoms with van der Waals surface area (Å²) in [5.74, 6) is 0.701. The molecule has 0 aromatic heterocycles. The molecule has 2 aliphatic heterocycles. The predicted molar refractivity (Wildman–Crippen MR) is 121 cm³/mol. The van der Waals surface area contributed by atoms with Crippen molar-refractivity contribution in [2.45, 2.75) is 30.6 Å². The van der Waals surface area contributed by atoms with Crippen LogP contribution in [0.5, 0.6) is 0 Å². The van der Waals surface area contributed by atoms with Crippen molar-refractivity contribution >= 4 is 15.6 Å². The van der Waals surface area contributed by atoms with Crippen LogP contribution >= 0.6 is 0 Å². The second-order valence-corrected chi connectivity index (χ2v) is 10.8. The molecule has 2 atom stereocenters. The van der Waals surface area contributed by atoms with Crippen LogP contribution < -0.4 is 0 Å². The summed E-state index contributed by atoms with van der Waals surface area (Å²) in [7, 11) is -3.41. The Balaban J connectivity index is 1.26. The minimum Gasteiger partial charge on any atom is -0.303 e. The van der Waals surface area contributed by atoms with E-state index < -0.39 is 10.0 Å². The monoisotopic (exact) mass is 422 g/mol. The van der Waals surface area contributed by atoms with Gasteiger partial charge in [-0.25, -0.2) is 8.42 Å². The van der Waals surface area contributed by atoms with Crippen LogP contribution in [0.2, 0.25) is 0 Å². The second kappa shape index (κ2) is 8.29. The highest BCUT2D eigenvalue weighted by Gasteiger charge is 2.43. The van der Waals surface area contributed by atoms with Crippen LogP contribution in [0.25, 0.3) is 5.57 Å². The molecular weight excluding hydrogens is 392 g/mol. The smallest absolute Gasteiger partial charge is 0.243 e. The lowest BCUT2D eigenvalue weighted by atomic mass is 9.90. The molecule has 0 saturated carbocycles. The van der Waals surface area contributed by atoms with Gasteiger partial charge in [-0.05, 0) is 73.5 Å². The molecule has 2 aromatic rings. The van der Waals surface area contributed by atoms with Crippen LogP contribution in [0.4, 0.5) is 0 Å². The summed E-state index contributed by atoms with van der Waals surface area (Å²) >= 11 is 0. The van der Waals surface area contributed by atoms with Crippen LogP contribution in [0.1, 0.15) is 30.4 Å². The Morgan fingerprint density at radius 1 is 0.900 bits per heavy atom. The normalized spacial score (nSPS) is 24.9. The van der Waals surface area contributed by atoms with Crippen molar-refractivity contribution in [2.24, 2.45) is 11.8 Å². The number of hydrogen-bond donors (Lipinski definition) is 0. The summed E-state index contributed by atoms with van der Waals surface area (Å²) in [4.78, 5) is 2.95. The first-order valence-corrected chi connectivity index (χ1v) is 12.6. The van der Waals surface area contributed by atoms with Gasteiger partial charge in [0.2, 0.25) is 10.0 Å². The van der Waals surface area contributed by atoms with Crippen molar-refractivity contribution in [1.82, 2.24) is 9.21 Å². The maximum Gasteiger partial charge on any atom is 0.243 e. The molecule has 2 heterocycles. The largest absolute Gasteiger partial charge is 0.303 e. The molecule has 3 aliphatic rings. The zero-order valence-corrected chi connectivity index (χ0v) is 18.2. The first kappa shape index (κ1) is 20.0.